The maximum absolute atomic E-state index is 5.88. The van der Waals surface area contributed by atoms with Crippen molar-refractivity contribution >= 4 is 45.0 Å². The number of aromatic nitrogens is 4. The zero-order valence-electron chi connectivity index (χ0n) is 15.1. The van der Waals surface area contributed by atoms with Crippen LogP contribution in [0.15, 0.2) is 35.7 Å². The summed E-state index contributed by atoms with van der Waals surface area (Å²) in [5.41, 5.74) is 3.19. The maximum atomic E-state index is 5.88. The molecule has 4 aromatic rings. The van der Waals surface area contributed by atoms with Crippen LogP contribution in [0.3, 0.4) is 0 Å². The van der Waals surface area contributed by atoms with Gasteiger partial charge >= 0.3 is 0 Å². The molecule has 0 radical (unpaired) electrons. The third-order valence-electron chi connectivity index (χ3n) is 4.93. The lowest BCUT2D eigenvalue weighted by molar-refractivity contribution is 0.126. The lowest BCUT2D eigenvalue weighted by Crippen LogP contribution is -1.93. The van der Waals surface area contributed by atoms with Gasteiger partial charge in [-0.2, -0.15) is 0 Å². The summed E-state index contributed by atoms with van der Waals surface area (Å²) in [5, 5.41) is 10.4. The van der Waals surface area contributed by atoms with Crippen molar-refractivity contribution < 1.29 is 4.84 Å². The van der Waals surface area contributed by atoms with Crippen LogP contribution in [0.4, 0.5) is 0 Å². The van der Waals surface area contributed by atoms with Gasteiger partial charge in [-0.05, 0) is 48.9 Å². The molecule has 0 amide bonds. The van der Waals surface area contributed by atoms with Crippen LogP contribution in [0, 0.1) is 0 Å². The second-order valence-corrected chi connectivity index (χ2v) is 8.36. The fraction of sp³-hybridized carbons (Fsp3) is 0.300. The van der Waals surface area contributed by atoms with E-state index in [1.807, 2.05) is 24.3 Å². The number of hydrogen-bond donors (Lipinski definition) is 0. The summed E-state index contributed by atoms with van der Waals surface area (Å²) in [7, 11) is 0. The van der Waals surface area contributed by atoms with E-state index in [0.717, 1.165) is 34.3 Å². The van der Waals surface area contributed by atoms with Crippen molar-refractivity contribution in [1.82, 2.24) is 19.6 Å². The number of thiophene rings is 1. The molecule has 3 heterocycles. The number of nitrogens with zero attached hydrogens (tertiary/aromatic N) is 5. The van der Waals surface area contributed by atoms with Gasteiger partial charge in [0.1, 0.15) is 11.2 Å². The smallest absolute Gasteiger partial charge is 0.192 e. The van der Waals surface area contributed by atoms with E-state index >= 15 is 0 Å². The Bertz CT molecular complexity index is 1160. The zero-order chi connectivity index (χ0) is 18.9. The summed E-state index contributed by atoms with van der Waals surface area (Å²) < 4.78 is 1.75. The molecule has 0 saturated carbocycles. The fourth-order valence-electron chi connectivity index (χ4n) is 3.58. The molecular formula is C20H18ClN5OS. The second-order valence-electron chi connectivity index (χ2n) is 6.84. The largest absolute Gasteiger partial charge is 0.387 e. The summed E-state index contributed by atoms with van der Waals surface area (Å²) in [5.74, 6) is 0.594. The van der Waals surface area contributed by atoms with Crippen molar-refractivity contribution in [1.29, 1.82) is 0 Å². The van der Waals surface area contributed by atoms with E-state index in [-0.39, 0.29) is 6.61 Å². The minimum atomic E-state index is 0.208. The third kappa shape index (κ3) is 3.36. The van der Waals surface area contributed by atoms with E-state index in [9.17, 15) is 0 Å². The van der Waals surface area contributed by atoms with E-state index < -0.39 is 0 Å². The zero-order valence-corrected chi connectivity index (χ0v) is 16.7. The van der Waals surface area contributed by atoms with Crippen LogP contribution in [-0.4, -0.2) is 25.8 Å². The summed E-state index contributed by atoms with van der Waals surface area (Å²) in [4.78, 5) is 17.2. The molecule has 0 N–H and O–H groups in total. The highest BCUT2D eigenvalue weighted by Crippen LogP contribution is 2.36. The Balaban J connectivity index is 1.39. The monoisotopic (exact) mass is 411 g/mol. The van der Waals surface area contributed by atoms with E-state index in [2.05, 4.69) is 15.2 Å². The van der Waals surface area contributed by atoms with Crippen molar-refractivity contribution in [2.24, 2.45) is 5.16 Å². The van der Waals surface area contributed by atoms with Gasteiger partial charge in [0.2, 0.25) is 0 Å². The minimum Gasteiger partial charge on any atom is -0.387 e. The molecule has 1 aliphatic carbocycles. The Morgan fingerprint density at radius 3 is 2.93 bits per heavy atom. The molecule has 0 spiro atoms. The van der Waals surface area contributed by atoms with E-state index in [0.29, 0.717) is 10.8 Å². The van der Waals surface area contributed by atoms with Gasteiger partial charge in [-0.25, -0.2) is 14.5 Å². The molecule has 5 rings (SSSR count). The van der Waals surface area contributed by atoms with Gasteiger partial charge in [-0.15, -0.1) is 16.4 Å². The van der Waals surface area contributed by atoms with Gasteiger partial charge in [0.05, 0.1) is 11.6 Å². The Kier molecular flexibility index (Phi) is 4.70. The number of fused-ring (bicyclic) bond motifs is 5. The molecule has 142 valence electrons. The van der Waals surface area contributed by atoms with Crippen molar-refractivity contribution in [2.75, 3.05) is 0 Å². The fourth-order valence-corrected chi connectivity index (χ4v) is 4.93. The molecule has 0 bridgehead atoms. The first-order valence-corrected chi connectivity index (χ1v) is 10.5. The average molecular weight is 412 g/mol. The van der Waals surface area contributed by atoms with Gasteiger partial charge in [0.15, 0.2) is 18.1 Å². The summed E-state index contributed by atoms with van der Waals surface area (Å²) in [6.07, 6.45) is 9.40. The molecule has 0 fully saturated rings. The van der Waals surface area contributed by atoms with E-state index in [4.69, 9.17) is 21.4 Å². The van der Waals surface area contributed by atoms with Crippen molar-refractivity contribution in [2.45, 2.75) is 38.7 Å². The Labute approximate surface area is 170 Å². The van der Waals surface area contributed by atoms with Gasteiger partial charge in [0, 0.05) is 9.90 Å². The van der Waals surface area contributed by atoms with Gasteiger partial charge < -0.3 is 4.84 Å². The van der Waals surface area contributed by atoms with E-state index in [1.165, 1.54) is 29.7 Å². The number of halogens is 1. The van der Waals surface area contributed by atoms with Crippen molar-refractivity contribution in [3.63, 3.8) is 0 Å². The van der Waals surface area contributed by atoms with E-state index in [1.54, 1.807) is 28.4 Å². The first-order valence-electron chi connectivity index (χ1n) is 9.33. The van der Waals surface area contributed by atoms with Crippen molar-refractivity contribution in [3.8, 4) is 0 Å². The van der Waals surface area contributed by atoms with Crippen LogP contribution in [-0.2, 0) is 24.3 Å². The SMILES string of the molecule is Clc1ccc(/C=N/OCc2nc3c4c5c(sc4ncn3n2)CCCCC5)cc1. The van der Waals surface area contributed by atoms with Gasteiger partial charge in [0.25, 0.3) is 0 Å². The Morgan fingerprint density at radius 1 is 1.18 bits per heavy atom. The topological polar surface area (TPSA) is 64.7 Å². The predicted octanol–water partition coefficient (Wildman–Crippen LogP) is 4.81. The van der Waals surface area contributed by atoms with Crippen LogP contribution < -0.4 is 0 Å². The highest BCUT2D eigenvalue weighted by Gasteiger charge is 2.19. The third-order valence-corrected chi connectivity index (χ3v) is 6.38. The molecule has 1 aliphatic rings. The highest BCUT2D eigenvalue weighted by molar-refractivity contribution is 7.19. The molecule has 8 heteroatoms. The Hall–Kier alpha value is -2.51. The number of oxime groups is 1. The standard InChI is InChI=1S/C20H18ClN5OS/c21-14-8-6-13(7-9-14)10-23-27-11-17-24-19-18-15-4-2-1-3-5-16(15)28-20(18)22-12-26(19)25-17/h6-10,12H,1-5,11H2/b23-10+. The average Bonchev–Trinajstić information content (AvgIpc) is 3.19. The molecular weight excluding hydrogens is 394 g/mol. The molecule has 3 aromatic heterocycles. The van der Waals surface area contributed by atoms with Crippen LogP contribution in [0.25, 0.3) is 15.9 Å². The molecule has 6 nitrogen and oxygen atoms in total. The normalized spacial score (nSPS) is 14.6. The quantitative estimate of drug-likeness (QED) is 0.274. The number of hydrogen-bond acceptors (Lipinski definition) is 6. The van der Waals surface area contributed by atoms with Gasteiger partial charge in [-0.3, -0.25) is 0 Å². The first-order chi connectivity index (χ1) is 13.8. The summed E-state index contributed by atoms with van der Waals surface area (Å²) in [6, 6.07) is 7.38. The predicted molar refractivity (Wildman–Crippen MR) is 111 cm³/mol. The molecule has 1 aromatic carbocycles. The summed E-state index contributed by atoms with van der Waals surface area (Å²) >= 11 is 7.68. The highest BCUT2D eigenvalue weighted by atomic mass is 35.5. The first kappa shape index (κ1) is 17.6. The number of rotatable bonds is 4. The lowest BCUT2D eigenvalue weighted by Gasteiger charge is -1.98. The molecule has 0 atom stereocenters. The molecule has 0 unspecified atom stereocenters. The molecule has 0 aliphatic heterocycles. The van der Waals surface area contributed by atoms with Gasteiger partial charge in [-0.1, -0.05) is 35.3 Å². The maximum Gasteiger partial charge on any atom is 0.192 e. The van der Waals surface area contributed by atoms with Crippen LogP contribution in [0.5, 0.6) is 0 Å². The second kappa shape index (κ2) is 7.48. The van der Waals surface area contributed by atoms with Crippen molar-refractivity contribution in [3.05, 3.63) is 57.4 Å². The lowest BCUT2D eigenvalue weighted by atomic mass is 10.1. The summed E-state index contributed by atoms with van der Waals surface area (Å²) in [6.45, 7) is 0.208. The minimum absolute atomic E-state index is 0.208. The Morgan fingerprint density at radius 2 is 2.04 bits per heavy atom. The van der Waals surface area contributed by atoms with Crippen LogP contribution in [0.2, 0.25) is 5.02 Å². The molecule has 0 saturated heterocycles. The molecule has 28 heavy (non-hydrogen) atoms. The van der Waals surface area contributed by atoms with Crippen LogP contribution >= 0.6 is 22.9 Å². The number of aryl methyl sites for hydroxylation is 2. The van der Waals surface area contributed by atoms with Crippen LogP contribution in [0.1, 0.15) is 41.1 Å². The number of benzene rings is 1.